The fourth-order valence-electron chi connectivity index (χ4n) is 3.19. The van der Waals surface area contributed by atoms with Gasteiger partial charge in [0.1, 0.15) is 0 Å². The predicted molar refractivity (Wildman–Crippen MR) is 124 cm³/mol. The van der Waals surface area contributed by atoms with Gasteiger partial charge in [-0.05, 0) is 36.2 Å². The van der Waals surface area contributed by atoms with Crippen molar-refractivity contribution in [1.82, 2.24) is 19.5 Å². The topological polar surface area (TPSA) is 114 Å². The smallest absolute Gasteiger partial charge is 0.226 e. The number of nitrogens with zero attached hydrogens (tertiary/aromatic N) is 4. The van der Waals surface area contributed by atoms with E-state index in [0.717, 1.165) is 11.1 Å². The lowest BCUT2D eigenvalue weighted by Gasteiger charge is -2.12. The van der Waals surface area contributed by atoms with Crippen molar-refractivity contribution >= 4 is 40.2 Å². The Balaban J connectivity index is 1.67. The Morgan fingerprint density at radius 1 is 1.13 bits per heavy atom. The maximum Gasteiger partial charge on any atom is 0.226 e. The summed E-state index contributed by atoms with van der Waals surface area (Å²) >= 11 is 6.11. The minimum atomic E-state index is -0.531. The molecule has 1 unspecified atom stereocenters. The first-order valence-corrected chi connectivity index (χ1v) is 10.3. The van der Waals surface area contributed by atoms with E-state index in [9.17, 15) is 5.11 Å². The highest BCUT2D eigenvalue weighted by atomic mass is 35.5. The van der Waals surface area contributed by atoms with Crippen molar-refractivity contribution in [3.63, 3.8) is 0 Å². The summed E-state index contributed by atoms with van der Waals surface area (Å²) in [5, 5.41) is 16.6. The fraction of sp³-hybridized carbons (Fsp3) is 0.227. The molecule has 0 aliphatic heterocycles. The number of aliphatic hydroxyl groups is 1. The number of nitrogen functional groups attached to an aromatic ring is 1. The highest BCUT2D eigenvalue weighted by Crippen LogP contribution is 2.24. The highest BCUT2D eigenvalue weighted by molar-refractivity contribution is 6.30. The van der Waals surface area contributed by atoms with Crippen LogP contribution in [0.25, 0.3) is 11.2 Å². The molecule has 1 atom stereocenters. The van der Waals surface area contributed by atoms with Gasteiger partial charge in [-0.2, -0.15) is 9.97 Å². The molecule has 0 saturated heterocycles. The van der Waals surface area contributed by atoms with Crippen molar-refractivity contribution in [3.05, 3.63) is 71.0 Å². The van der Waals surface area contributed by atoms with Crippen LogP contribution < -0.4 is 16.4 Å². The maximum atomic E-state index is 9.64. The molecule has 0 aliphatic carbocycles. The molecule has 0 amide bonds. The monoisotopic (exact) mass is 437 g/mol. The Hall–Kier alpha value is -3.36. The second kappa shape index (κ2) is 9.20. The fourth-order valence-corrected chi connectivity index (χ4v) is 3.38. The number of rotatable bonds is 8. The van der Waals surface area contributed by atoms with Crippen LogP contribution in [0, 0.1) is 0 Å². The summed E-state index contributed by atoms with van der Waals surface area (Å²) in [6, 6.07) is 15.5. The van der Waals surface area contributed by atoms with Crippen molar-refractivity contribution in [2.45, 2.75) is 26.1 Å². The molecule has 8 nitrogen and oxygen atoms in total. The van der Waals surface area contributed by atoms with Gasteiger partial charge in [0, 0.05) is 23.8 Å². The van der Waals surface area contributed by atoms with Gasteiger partial charge in [0.2, 0.25) is 5.95 Å². The van der Waals surface area contributed by atoms with Gasteiger partial charge in [0.05, 0.1) is 19.0 Å². The highest BCUT2D eigenvalue weighted by Gasteiger charge is 2.14. The summed E-state index contributed by atoms with van der Waals surface area (Å²) in [5.41, 5.74) is 10.1. The van der Waals surface area contributed by atoms with Crippen LogP contribution in [0.3, 0.4) is 0 Å². The Morgan fingerprint density at radius 3 is 2.71 bits per heavy atom. The third-order valence-corrected chi connectivity index (χ3v) is 5.00. The SMILES string of the molecule is CC(O)CNc1nc(NCc2cc(Cl)ccc2N)c2ncn(Cc3ccccc3)c2n1. The minimum absolute atomic E-state index is 0.332. The first-order valence-electron chi connectivity index (χ1n) is 9.96. The van der Waals surface area contributed by atoms with Gasteiger partial charge in [-0.1, -0.05) is 41.9 Å². The molecule has 4 aromatic rings. The van der Waals surface area contributed by atoms with E-state index in [4.69, 9.17) is 17.3 Å². The van der Waals surface area contributed by atoms with Gasteiger partial charge in [-0.3, -0.25) is 0 Å². The molecule has 0 aliphatic rings. The van der Waals surface area contributed by atoms with Crippen LogP contribution in [0.2, 0.25) is 5.02 Å². The molecule has 2 aromatic carbocycles. The van der Waals surface area contributed by atoms with Crippen LogP contribution in [0.4, 0.5) is 17.5 Å². The van der Waals surface area contributed by atoms with E-state index in [2.05, 4.69) is 37.7 Å². The van der Waals surface area contributed by atoms with E-state index >= 15 is 0 Å². The van der Waals surface area contributed by atoms with Crippen LogP contribution in [0.1, 0.15) is 18.1 Å². The number of nitrogens with two attached hydrogens (primary N) is 1. The summed E-state index contributed by atoms with van der Waals surface area (Å²) in [7, 11) is 0. The molecule has 160 valence electrons. The third-order valence-electron chi connectivity index (χ3n) is 4.77. The lowest BCUT2D eigenvalue weighted by atomic mass is 10.2. The predicted octanol–water partition coefficient (Wildman–Crippen LogP) is 3.52. The average molecular weight is 438 g/mol. The molecule has 0 bridgehead atoms. The number of imidazole rings is 1. The zero-order chi connectivity index (χ0) is 21.8. The number of fused-ring (bicyclic) bond motifs is 1. The quantitative estimate of drug-likeness (QED) is 0.312. The lowest BCUT2D eigenvalue weighted by Crippen LogP contribution is -2.18. The molecule has 2 aromatic heterocycles. The number of aromatic nitrogens is 4. The zero-order valence-electron chi connectivity index (χ0n) is 17.1. The largest absolute Gasteiger partial charge is 0.398 e. The van der Waals surface area contributed by atoms with Crippen molar-refractivity contribution in [3.8, 4) is 0 Å². The number of halogens is 1. The van der Waals surface area contributed by atoms with E-state index < -0.39 is 6.10 Å². The molecule has 0 radical (unpaired) electrons. The molecule has 31 heavy (non-hydrogen) atoms. The van der Waals surface area contributed by atoms with Gasteiger partial charge in [0.15, 0.2) is 17.0 Å². The van der Waals surface area contributed by atoms with Crippen molar-refractivity contribution < 1.29 is 5.11 Å². The second-order valence-electron chi connectivity index (χ2n) is 7.35. The minimum Gasteiger partial charge on any atom is -0.398 e. The molecule has 5 N–H and O–H groups in total. The zero-order valence-corrected chi connectivity index (χ0v) is 17.8. The van der Waals surface area contributed by atoms with Gasteiger partial charge < -0.3 is 26.0 Å². The van der Waals surface area contributed by atoms with Gasteiger partial charge in [-0.15, -0.1) is 0 Å². The average Bonchev–Trinajstić information content (AvgIpc) is 3.16. The summed E-state index contributed by atoms with van der Waals surface area (Å²) in [6.07, 6.45) is 1.22. The van der Waals surface area contributed by atoms with E-state index in [-0.39, 0.29) is 0 Å². The third kappa shape index (κ3) is 5.04. The van der Waals surface area contributed by atoms with Gasteiger partial charge >= 0.3 is 0 Å². The number of anilines is 3. The van der Waals surface area contributed by atoms with Crippen molar-refractivity contribution in [2.75, 3.05) is 22.9 Å². The van der Waals surface area contributed by atoms with E-state index in [1.165, 1.54) is 0 Å². The summed E-state index contributed by atoms with van der Waals surface area (Å²) in [6.45, 7) is 3.09. The van der Waals surface area contributed by atoms with Gasteiger partial charge in [-0.25, -0.2) is 4.98 Å². The number of aliphatic hydroxyl groups excluding tert-OH is 1. The number of nitrogens with one attached hydrogen (secondary N) is 2. The molecule has 0 fully saturated rings. The Bertz CT molecular complexity index is 1180. The molecule has 9 heteroatoms. The summed E-state index contributed by atoms with van der Waals surface area (Å²) < 4.78 is 1.97. The Labute approximate surface area is 185 Å². The molecule has 0 saturated carbocycles. The molecule has 4 rings (SSSR count). The number of hydrogen-bond acceptors (Lipinski definition) is 7. The van der Waals surface area contributed by atoms with E-state index in [0.29, 0.717) is 53.3 Å². The first-order chi connectivity index (χ1) is 15.0. The standard InChI is InChI=1S/C22H24ClN7O/c1-14(31)10-26-22-28-20(25-11-16-9-17(23)7-8-18(16)24)19-21(29-22)30(13-27-19)12-15-5-3-2-4-6-15/h2-9,13-14,31H,10-12,24H2,1H3,(H2,25,26,28,29). The first kappa shape index (κ1) is 20.9. The van der Waals surface area contributed by atoms with Gasteiger partial charge in [0.25, 0.3) is 0 Å². The van der Waals surface area contributed by atoms with Crippen LogP contribution in [0.5, 0.6) is 0 Å². The number of benzene rings is 2. The summed E-state index contributed by atoms with van der Waals surface area (Å²) in [5.74, 6) is 0.981. The normalized spacial score (nSPS) is 12.1. The second-order valence-corrected chi connectivity index (χ2v) is 7.79. The van der Waals surface area contributed by atoms with E-state index in [1.54, 1.807) is 25.4 Å². The molecule has 0 spiro atoms. The Morgan fingerprint density at radius 2 is 1.94 bits per heavy atom. The van der Waals surface area contributed by atoms with Crippen LogP contribution in [-0.2, 0) is 13.1 Å². The summed E-state index contributed by atoms with van der Waals surface area (Å²) in [4.78, 5) is 13.7. The van der Waals surface area contributed by atoms with Crippen molar-refractivity contribution in [2.24, 2.45) is 0 Å². The van der Waals surface area contributed by atoms with Crippen LogP contribution in [-0.4, -0.2) is 37.3 Å². The molecule has 2 heterocycles. The lowest BCUT2D eigenvalue weighted by molar-refractivity contribution is 0.208. The van der Waals surface area contributed by atoms with E-state index in [1.807, 2.05) is 28.8 Å². The maximum absolute atomic E-state index is 9.64. The van der Waals surface area contributed by atoms with Crippen LogP contribution in [0.15, 0.2) is 54.9 Å². The Kier molecular flexibility index (Phi) is 6.20. The molecular formula is C22H24ClN7O. The van der Waals surface area contributed by atoms with Crippen molar-refractivity contribution in [1.29, 1.82) is 0 Å². The number of hydrogen-bond donors (Lipinski definition) is 4. The van der Waals surface area contributed by atoms with Crippen LogP contribution >= 0.6 is 11.6 Å². The molecular weight excluding hydrogens is 414 g/mol.